The van der Waals surface area contributed by atoms with Gasteiger partial charge in [-0.25, -0.2) is 4.39 Å². The van der Waals surface area contributed by atoms with E-state index in [1.807, 2.05) is 6.92 Å². The zero-order valence-corrected chi connectivity index (χ0v) is 14.8. The second-order valence-corrected chi connectivity index (χ2v) is 8.09. The van der Waals surface area contributed by atoms with Gasteiger partial charge in [-0.2, -0.15) is 0 Å². The van der Waals surface area contributed by atoms with Crippen molar-refractivity contribution in [3.8, 4) is 0 Å². The first-order chi connectivity index (χ1) is 11.6. The van der Waals surface area contributed by atoms with Crippen molar-refractivity contribution in [2.24, 2.45) is 0 Å². The fourth-order valence-corrected chi connectivity index (χ4v) is 4.37. The Morgan fingerprint density at radius 3 is 2.96 bits per heavy atom. The lowest BCUT2D eigenvalue weighted by Crippen LogP contribution is -2.18. The molecule has 24 heavy (non-hydrogen) atoms. The predicted octanol–water partition coefficient (Wildman–Crippen LogP) is 3.63. The first kappa shape index (κ1) is 17.3. The molecular formula is C16H18FN3O2S2. The third-order valence-electron chi connectivity index (χ3n) is 3.69. The Morgan fingerprint density at radius 1 is 1.46 bits per heavy atom. The van der Waals surface area contributed by atoms with E-state index in [9.17, 15) is 9.18 Å². The molecule has 0 bridgehead atoms. The largest absolute Gasteiger partial charge is 0.376 e. The molecule has 5 nitrogen and oxygen atoms in total. The second-order valence-electron chi connectivity index (χ2n) is 5.52. The highest BCUT2D eigenvalue weighted by Gasteiger charge is 2.20. The molecule has 0 aliphatic carbocycles. The first-order valence-electron chi connectivity index (χ1n) is 7.77. The topological polar surface area (TPSA) is 64.1 Å². The summed E-state index contributed by atoms with van der Waals surface area (Å²) in [5.74, 6) is -0.401. The maximum Gasteiger partial charge on any atom is 0.206 e. The highest BCUT2D eigenvalue weighted by molar-refractivity contribution is 8.02. The molecule has 0 saturated carbocycles. The highest BCUT2D eigenvalue weighted by Crippen LogP contribution is 2.30. The number of aromatic nitrogens is 2. The summed E-state index contributed by atoms with van der Waals surface area (Å²) in [6.07, 6.45) is 2.41. The highest BCUT2D eigenvalue weighted by atomic mass is 32.2. The summed E-state index contributed by atoms with van der Waals surface area (Å²) in [6.45, 7) is 3.37. The fourth-order valence-electron chi connectivity index (χ4n) is 2.39. The van der Waals surface area contributed by atoms with Gasteiger partial charge in [0.25, 0.3) is 0 Å². The number of Topliss-reactive ketones (excluding diaryl/α,β-unsaturated/α-hetero) is 1. The van der Waals surface area contributed by atoms with Crippen LogP contribution in [-0.2, 0) is 4.74 Å². The van der Waals surface area contributed by atoms with Gasteiger partial charge in [-0.15, -0.1) is 10.2 Å². The third-order valence-corrected chi connectivity index (χ3v) is 5.75. The van der Waals surface area contributed by atoms with Gasteiger partial charge in [-0.3, -0.25) is 4.79 Å². The standard InChI is InChI=1S/C16H18FN3O2S2/c1-10(14(21)11-4-6-12(17)7-5-11)23-16-20-19-15(24-16)18-9-13-3-2-8-22-13/h4-7,10,13H,2-3,8-9H2,1H3,(H,18,19)/t10-,13+/m1/s1. The fraction of sp³-hybridized carbons (Fsp3) is 0.438. The van der Waals surface area contributed by atoms with Gasteiger partial charge in [0.1, 0.15) is 5.82 Å². The number of nitrogens with zero attached hydrogens (tertiary/aromatic N) is 2. The minimum Gasteiger partial charge on any atom is -0.376 e. The number of anilines is 1. The van der Waals surface area contributed by atoms with Crippen molar-refractivity contribution in [2.75, 3.05) is 18.5 Å². The SMILES string of the molecule is C[C@@H](Sc1nnc(NC[C@@H]2CCCO2)s1)C(=O)c1ccc(F)cc1. The van der Waals surface area contributed by atoms with Crippen LogP contribution < -0.4 is 5.32 Å². The number of carbonyl (C=O) groups is 1. The van der Waals surface area contributed by atoms with E-state index in [-0.39, 0.29) is 23.0 Å². The van der Waals surface area contributed by atoms with Crippen molar-refractivity contribution in [3.05, 3.63) is 35.6 Å². The summed E-state index contributed by atoms with van der Waals surface area (Å²) >= 11 is 2.78. The minimum absolute atomic E-state index is 0.0518. The molecule has 1 aliphatic heterocycles. The number of rotatable bonds is 7. The van der Waals surface area contributed by atoms with Crippen molar-refractivity contribution in [2.45, 2.75) is 35.5 Å². The molecule has 1 fully saturated rings. The molecule has 8 heteroatoms. The van der Waals surface area contributed by atoms with Gasteiger partial charge in [0, 0.05) is 18.7 Å². The number of halogens is 1. The Balaban J connectivity index is 1.53. The van der Waals surface area contributed by atoms with E-state index in [0.717, 1.165) is 35.5 Å². The normalized spacial score (nSPS) is 18.5. The molecule has 1 saturated heterocycles. The van der Waals surface area contributed by atoms with Crippen molar-refractivity contribution < 1.29 is 13.9 Å². The number of nitrogens with one attached hydrogen (secondary N) is 1. The van der Waals surface area contributed by atoms with Crippen LogP contribution in [0.3, 0.4) is 0 Å². The van der Waals surface area contributed by atoms with E-state index in [1.165, 1.54) is 47.4 Å². The lowest BCUT2D eigenvalue weighted by atomic mass is 10.1. The summed E-state index contributed by atoms with van der Waals surface area (Å²) in [4.78, 5) is 12.3. The van der Waals surface area contributed by atoms with E-state index < -0.39 is 0 Å². The quantitative estimate of drug-likeness (QED) is 0.595. The lowest BCUT2D eigenvalue weighted by Gasteiger charge is -2.09. The van der Waals surface area contributed by atoms with Crippen LogP contribution in [0.1, 0.15) is 30.1 Å². The molecule has 0 unspecified atom stereocenters. The van der Waals surface area contributed by atoms with Gasteiger partial charge in [0.2, 0.25) is 5.13 Å². The molecule has 2 heterocycles. The summed E-state index contributed by atoms with van der Waals surface area (Å²) in [6, 6.07) is 5.60. The monoisotopic (exact) mass is 367 g/mol. The van der Waals surface area contributed by atoms with Gasteiger partial charge in [0.05, 0.1) is 11.4 Å². The van der Waals surface area contributed by atoms with Crippen LogP contribution in [0, 0.1) is 5.82 Å². The van der Waals surface area contributed by atoms with Crippen LogP contribution >= 0.6 is 23.1 Å². The molecule has 1 aromatic carbocycles. The summed E-state index contributed by atoms with van der Waals surface area (Å²) < 4.78 is 19.2. The molecule has 1 aromatic heterocycles. The number of ether oxygens (including phenoxy) is 1. The average Bonchev–Trinajstić information content (AvgIpc) is 3.24. The van der Waals surface area contributed by atoms with Gasteiger partial charge in [-0.05, 0) is 44.0 Å². The van der Waals surface area contributed by atoms with E-state index in [0.29, 0.717) is 5.56 Å². The molecule has 2 aromatic rings. The Morgan fingerprint density at radius 2 is 2.25 bits per heavy atom. The lowest BCUT2D eigenvalue weighted by molar-refractivity contribution is 0.0994. The van der Waals surface area contributed by atoms with E-state index in [1.54, 1.807) is 0 Å². The van der Waals surface area contributed by atoms with Gasteiger partial charge < -0.3 is 10.1 Å². The molecule has 1 N–H and O–H groups in total. The predicted molar refractivity (Wildman–Crippen MR) is 93.4 cm³/mol. The van der Waals surface area contributed by atoms with E-state index in [2.05, 4.69) is 15.5 Å². The molecule has 0 amide bonds. The number of benzene rings is 1. The van der Waals surface area contributed by atoms with E-state index in [4.69, 9.17) is 4.74 Å². The molecule has 0 radical (unpaired) electrons. The molecular weight excluding hydrogens is 349 g/mol. The Labute approximate surface area is 148 Å². The number of carbonyl (C=O) groups excluding carboxylic acids is 1. The van der Waals surface area contributed by atoms with Crippen LogP contribution in [0.25, 0.3) is 0 Å². The molecule has 128 valence electrons. The smallest absolute Gasteiger partial charge is 0.206 e. The van der Waals surface area contributed by atoms with Crippen LogP contribution in [-0.4, -0.2) is 40.5 Å². The molecule has 1 aliphatic rings. The Kier molecular flexibility index (Phi) is 5.80. The molecule has 0 spiro atoms. The Bertz CT molecular complexity index is 687. The van der Waals surface area contributed by atoms with Crippen molar-refractivity contribution in [3.63, 3.8) is 0 Å². The van der Waals surface area contributed by atoms with Crippen LogP contribution in [0.4, 0.5) is 9.52 Å². The number of hydrogen-bond acceptors (Lipinski definition) is 7. The average molecular weight is 367 g/mol. The maximum absolute atomic E-state index is 12.9. The summed E-state index contributed by atoms with van der Waals surface area (Å²) in [5.41, 5.74) is 0.498. The van der Waals surface area contributed by atoms with Crippen molar-refractivity contribution >= 4 is 34.0 Å². The van der Waals surface area contributed by atoms with Crippen LogP contribution in [0.15, 0.2) is 28.6 Å². The summed E-state index contributed by atoms with van der Waals surface area (Å²) in [7, 11) is 0. The first-order valence-corrected chi connectivity index (χ1v) is 9.47. The Hall–Kier alpha value is -1.51. The molecule has 3 rings (SSSR count). The van der Waals surface area contributed by atoms with Crippen LogP contribution in [0.2, 0.25) is 0 Å². The number of thioether (sulfide) groups is 1. The zero-order chi connectivity index (χ0) is 16.9. The number of hydrogen-bond donors (Lipinski definition) is 1. The van der Waals surface area contributed by atoms with E-state index >= 15 is 0 Å². The van der Waals surface area contributed by atoms with Gasteiger partial charge >= 0.3 is 0 Å². The zero-order valence-electron chi connectivity index (χ0n) is 13.2. The second kappa shape index (κ2) is 8.04. The maximum atomic E-state index is 12.9. The van der Waals surface area contributed by atoms with Gasteiger partial charge in [-0.1, -0.05) is 23.1 Å². The third kappa shape index (κ3) is 4.52. The number of ketones is 1. The van der Waals surface area contributed by atoms with Crippen molar-refractivity contribution in [1.82, 2.24) is 10.2 Å². The van der Waals surface area contributed by atoms with Crippen LogP contribution in [0.5, 0.6) is 0 Å². The van der Waals surface area contributed by atoms with Crippen molar-refractivity contribution in [1.29, 1.82) is 0 Å². The minimum atomic E-state index is -0.349. The van der Waals surface area contributed by atoms with Gasteiger partial charge in [0.15, 0.2) is 10.1 Å². The summed E-state index contributed by atoms with van der Waals surface area (Å²) in [5, 5.41) is 11.8. The molecule has 2 atom stereocenters.